The molecule has 1 heterocycles. The van der Waals surface area contributed by atoms with E-state index in [0.29, 0.717) is 23.5 Å². The second-order valence-corrected chi connectivity index (χ2v) is 10.3. The van der Waals surface area contributed by atoms with Crippen LogP contribution in [0.15, 0.2) is 52.4 Å². The van der Waals surface area contributed by atoms with Gasteiger partial charge < -0.3 is 9.30 Å². The fourth-order valence-electron chi connectivity index (χ4n) is 3.07. The lowest BCUT2D eigenvalue weighted by atomic mass is 10.2. The van der Waals surface area contributed by atoms with Crippen LogP contribution in [0.1, 0.15) is 38.1 Å². The number of hydrogen-bond acceptors (Lipinski definition) is 5. The van der Waals surface area contributed by atoms with Crippen LogP contribution in [-0.4, -0.2) is 42.9 Å². The number of aromatic nitrogens is 1. The number of benzene rings is 2. The molecule has 0 atom stereocenters. The monoisotopic (exact) mass is 461 g/mol. The first-order chi connectivity index (χ1) is 14.7. The first-order valence-corrected chi connectivity index (χ1v) is 12.4. The van der Waals surface area contributed by atoms with E-state index in [2.05, 4.69) is 4.99 Å². The van der Waals surface area contributed by atoms with Crippen LogP contribution in [0, 0.1) is 0 Å². The molecule has 9 heteroatoms. The second kappa shape index (κ2) is 9.33. The third-order valence-corrected chi connectivity index (χ3v) is 8.07. The summed E-state index contributed by atoms with van der Waals surface area (Å²) in [6.07, 6.45) is 0. The number of rotatable bonds is 7. The van der Waals surface area contributed by atoms with E-state index in [1.54, 1.807) is 13.8 Å². The summed E-state index contributed by atoms with van der Waals surface area (Å²) in [5, 5.41) is 0. The first kappa shape index (κ1) is 23.2. The number of carbonyl (C=O) groups excluding carboxylic acids is 1. The summed E-state index contributed by atoms with van der Waals surface area (Å²) in [6.45, 7) is 8.79. The Kier molecular flexibility index (Phi) is 6.98. The van der Waals surface area contributed by atoms with Crippen molar-refractivity contribution in [1.29, 1.82) is 0 Å². The van der Waals surface area contributed by atoms with Crippen LogP contribution in [-0.2, 0) is 16.6 Å². The molecule has 166 valence electrons. The zero-order chi connectivity index (χ0) is 22.8. The highest BCUT2D eigenvalue weighted by Gasteiger charge is 2.23. The summed E-state index contributed by atoms with van der Waals surface area (Å²) in [5.74, 6) is 0.362. The quantitative estimate of drug-likeness (QED) is 0.535. The first-order valence-electron chi connectivity index (χ1n) is 10.1. The zero-order valence-corrected chi connectivity index (χ0v) is 20.0. The van der Waals surface area contributed by atoms with E-state index in [1.165, 1.54) is 47.0 Å². The number of hydrogen-bond donors (Lipinski definition) is 0. The van der Waals surface area contributed by atoms with Crippen molar-refractivity contribution in [1.82, 2.24) is 8.87 Å². The van der Waals surface area contributed by atoms with E-state index < -0.39 is 15.9 Å². The molecule has 0 spiro atoms. The predicted molar refractivity (Wildman–Crippen MR) is 123 cm³/mol. The van der Waals surface area contributed by atoms with Crippen LogP contribution in [0.2, 0.25) is 0 Å². The maximum absolute atomic E-state index is 12.8. The summed E-state index contributed by atoms with van der Waals surface area (Å²) in [5.41, 5.74) is 1.32. The Morgan fingerprint density at radius 1 is 1.16 bits per heavy atom. The Morgan fingerprint density at radius 3 is 2.42 bits per heavy atom. The van der Waals surface area contributed by atoms with Crippen LogP contribution in [0.4, 0.5) is 0 Å². The van der Waals surface area contributed by atoms with Gasteiger partial charge in [0.2, 0.25) is 10.0 Å². The van der Waals surface area contributed by atoms with Crippen LogP contribution in [0.5, 0.6) is 5.75 Å². The van der Waals surface area contributed by atoms with E-state index in [4.69, 9.17) is 4.74 Å². The van der Waals surface area contributed by atoms with Crippen molar-refractivity contribution >= 4 is 37.5 Å². The molecule has 0 bridgehead atoms. The fourth-order valence-corrected chi connectivity index (χ4v) is 5.55. The standard InChI is InChI=1S/C22H27N3O4S2/c1-6-25-19-13-10-17(29-7-2)14-20(19)30-22(25)23-21(26)16-8-11-18(12-9-16)31(27,28)24(5)15(3)4/h8-15H,6-7H2,1-5H3. The average Bonchev–Trinajstić information content (AvgIpc) is 3.09. The van der Waals surface area contributed by atoms with Crippen LogP contribution < -0.4 is 9.54 Å². The molecule has 0 N–H and O–H groups in total. The molecular weight excluding hydrogens is 434 g/mol. The number of thiazole rings is 1. The number of fused-ring (bicyclic) bond motifs is 1. The highest BCUT2D eigenvalue weighted by atomic mass is 32.2. The minimum absolute atomic E-state index is 0.147. The topological polar surface area (TPSA) is 81.0 Å². The van der Waals surface area contributed by atoms with Gasteiger partial charge in [0.25, 0.3) is 5.91 Å². The van der Waals surface area contributed by atoms with Gasteiger partial charge in [0, 0.05) is 25.2 Å². The van der Waals surface area contributed by atoms with E-state index in [1.807, 2.05) is 36.6 Å². The molecule has 0 aliphatic heterocycles. The second-order valence-electron chi connectivity index (χ2n) is 7.25. The van der Waals surface area contributed by atoms with Gasteiger partial charge in [-0.3, -0.25) is 4.79 Å². The zero-order valence-electron chi connectivity index (χ0n) is 18.3. The number of nitrogens with zero attached hydrogens (tertiary/aromatic N) is 3. The van der Waals surface area contributed by atoms with Gasteiger partial charge in [0.05, 0.1) is 21.7 Å². The molecular formula is C22H27N3O4S2. The molecule has 0 saturated heterocycles. The summed E-state index contributed by atoms with van der Waals surface area (Å²) in [7, 11) is -2.06. The minimum atomic E-state index is -3.60. The van der Waals surface area contributed by atoms with Crippen LogP contribution >= 0.6 is 11.3 Å². The Hall–Kier alpha value is -2.49. The maximum atomic E-state index is 12.8. The van der Waals surface area contributed by atoms with Gasteiger partial charge in [-0.25, -0.2) is 8.42 Å². The summed E-state index contributed by atoms with van der Waals surface area (Å²) in [6, 6.07) is 11.6. The summed E-state index contributed by atoms with van der Waals surface area (Å²) in [4.78, 5) is 17.8. The Bertz CT molecular complexity index is 1260. The van der Waals surface area contributed by atoms with Gasteiger partial charge in [0.15, 0.2) is 4.80 Å². The third-order valence-electron chi connectivity index (χ3n) is 4.98. The maximum Gasteiger partial charge on any atom is 0.279 e. The Balaban J connectivity index is 1.96. The number of ether oxygens (including phenoxy) is 1. The Labute approximate surface area is 186 Å². The Morgan fingerprint density at radius 2 is 1.84 bits per heavy atom. The van der Waals surface area contributed by atoms with Gasteiger partial charge in [-0.2, -0.15) is 9.30 Å². The van der Waals surface area contributed by atoms with Gasteiger partial charge in [-0.15, -0.1) is 0 Å². The summed E-state index contributed by atoms with van der Waals surface area (Å²) < 4.78 is 35.0. The van der Waals surface area contributed by atoms with Crippen molar-refractivity contribution < 1.29 is 17.9 Å². The van der Waals surface area contributed by atoms with Gasteiger partial charge >= 0.3 is 0 Å². The van der Waals surface area contributed by atoms with Crippen molar-refractivity contribution in [3.63, 3.8) is 0 Å². The number of carbonyl (C=O) groups is 1. The minimum Gasteiger partial charge on any atom is -0.494 e. The smallest absolute Gasteiger partial charge is 0.279 e. The van der Waals surface area contributed by atoms with Crippen LogP contribution in [0.3, 0.4) is 0 Å². The molecule has 0 radical (unpaired) electrons. The lowest BCUT2D eigenvalue weighted by Crippen LogP contribution is -2.33. The van der Waals surface area contributed by atoms with Gasteiger partial charge in [-0.1, -0.05) is 11.3 Å². The number of aryl methyl sites for hydroxylation is 1. The van der Waals surface area contributed by atoms with Crippen molar-refractivity contribution in [2.75, 3.05) is 13.7 Å². The number of sulfonamides is 1. The molecule has 2 aromatic carbocycles. The lowest BCUT2D eigenvalue weighted by molar-refractivity contribution is 0.0997. The molecule has 3 aromatic rings. The molecule has 0 aliphatic carbocycles. The molecule has 0 unspecified atom stereocenters. The molecule has 1 amide bonds. The molecule has 31 heavy (non-hydrogen) atoms. The average molecular weight is 462 g/mol. The van der Waals surface area contributed by atoms with Gasteiger partial charge in [0.1, 0.15) is 5.75 Å². The van der Waals surface area contributed by atoms with Gasteiger partial charge in [-0.05, 0) is 70.2 Å². The lowest BCUT2D eigenvalue weighted by Gasteiger charge is -2.20. The SMILES string of the molecule is CCOc1ccc2c(c1)sc(=NC(=O)c1ccc(S(=O)(=O)N(C)C(C)C)cc1)n2CC. The third kappa shape index (κ3) is 4.73. The summed E-state index contributed by atoms with van der Waals surface area (Å²) >= 11 is 1.42. The van der Waals surface area contributed by atoms with E-state index in [0.717, 1.165) is 16.0 Å². The largest absolute Gasteiger partial charge is 0.494 e. The molecule has 1 aromatic heterocycles. The molecule has 0 fully saturated rings. The van der Waals surface area contributed by atoms with E-state index >= 15 is 0 Å². The number of amides is 1. The fraction of sp³-hybridized carbons (Fsp3) is 0.364. The normalized spacial score (nSPS) is 12.8. The van der Waals surface area contributed by atoms with Crippen molar-refractivity contribution in [3.05, 3.63) is 52.8 Å². The highest BCUT2D eigenvalue weighted by molar-refractivity contribution is 7.89. The molecule has 0 aliphatic rings. The van der Waals surface area contributed by atoms with Crippen molar-refractivity contribution in [2.45, 2.75) is 45.2 Å². The molecule has 7 nitrogen and oxygen atoms in total. The predicted octanol–water partition coefficient (Wildman–Crippen LogP) is 3.89. The van der Waals surface area contributed by atoms with E-state index in [9.17, 15) is 13.2 Å². The van der Waals surface area contributed by atoms with E-state index in [-0.39, 0.29) is 10.9 Å². The van der Waals surface area contributed by atoms with Crippen molar-refractivity contribution in [2.24, 2.45) is 4.99 Å². The van der Waals surface area contributed by atoms with Crippen LogP contribution in [0.25, 0.3) is 10.2 Å². The van der Waals surface area contributed by atoms with Crippen molar-refractivity contribution in [3.8, 4) is 5.75 Å². The molecule has 0 saturated carbocycles. The molecule has 3 rings (SSSR count). The highest BCUT2D eigenvalue weighted by Crippen LogP contribution is 2.24.